The fourth-order valence-corrected chi connectivity index (χ4v) is 3.96. The molecule has 9 heteroatoms. The van der Waals surface area contributed by atoms with Crippen LogP contribution < -0.4 is 5.32 Å². The van der Waals surface area contributed by atoms with E-state index in [0.29, 0.717) is 10.3 Å². The Labute approximate surface area is 169 Å². The fourth-order valence-electron chi connectivity index (χ4n) is 2.46. The molecular weight excluding hydrogens is 392 g/mol. The van der Waals surface area contributed by atoms with E-state index in [9.17, 15) is 4.79 Å². The molecule has 2 aromatic heterocycles. The molecule has 0 fully saturated rings. The van der Waals surface area contributed by atoms with Gasteiger partial charge >= 0.3 is 0 Å². The number of aromatic nitrogens is 5. The lowest BCUT2D eigenvalue weighted by molar-refractivity contribution is -0.113. The highest BCUT2D eigenvalue weighted by Gasteiger charge is 2.13. The van der Waals surface area contributed by atoms with Gasteiger partial charge in [-0.05, 0) is 19.1 Å². The highest BCUT2D eigenvalue weighted by atomic mass is 32.2. The van der Waals surface area contributed by atoms with Gasteiger partial charge in [-0.15, -0.1) is 20.4 Å². The predicted octanol–water partition coefficient (Wildman–Crippen LogP) is 3.83. The van der Waals surface area contributed by atoms with Crippen LogP contribution in [0.5, 0.6) is 0 Å². The number of hydrogen-bond acceptors (Lipinski definition) is 7. The van der Waals surface area contributed by atoms with E-state index in [4.69, 9.17) is 0 Å². The van der Waals surface area contributed by atoms with Gasteiger partial charge in [0.2, 0.25) is 11.0 Å². The maximum atomic E-state index is 12.3. The van der Waals surface area contributed by atoms with Crippen LogP contribution in [0.15, 0.2) is 66.1 Å². The summed E-state index contributed by atoms with van der Waals surface area (Å²) in [6.07, 6.45) is 1.64. The molecule has 4 aromatic rings. The summed E-state index contributed by atoms with van der Waals surface area (Å²) in [7, 11) is 0. The molecule has 7 nitrogen and oxygen atoms in total. The Hall–Kier alpha value is -3.04. The van der Waals surface area contributed by atoms with Crippen LogP contribution in [0.4, 0.5) is 5.13 Å². The van der Waals surface area contributed by atoms with Gasteiger partial charge < -0.3 is 0 Å². The minimum atomic E-state index is -0.167. The Morgan fingerprint density at radius 1 is 1.07 bits per heavy atom. The van der Waals surface area contributed by atoms with Crippen molar-refractivity contribution in [2.75, 3.05) is 11.1 Å². The molecule has 0 unspecified atom stereocenters. The minimum Gasteiger partial charge on any atom is -0.300 e. The van der Waals surface area contributed by atoms with E-state index in [0.717, 1.165) is 16.3 Å². The molecule has 0 aliphatic heterocycles. The van der Waals surface area contributed by atoms with Crippen molar-refractivity contribution < 1.29 is 4.79 Å². The number of aryl methyl sites for hydroxylation is 1. The zero-order valence-corrected chi connectivity index (χ0v) is 16.6. The number of nitrogens with zero attached hydrogens (tertiary/aromatic N) is 5. The van der Waals surface area contributed by atoms with Crippen molar-refractivity contribution >= 4 is 34.1 Å². The van der Waals surface area contributed by atoms with Crippen molar-refractivity contribution in [2.45, 2.75) is 12.1 Å². The van der Waals surface area contributed by atoms with Crippen molar-refractivity contribution in [1.82, 2.24) is 25.0 Å². The predicted molar refractivity (Wildman–Crippen MR) is 111 cm³/mol. The molecule has 0 saturated heterocycles. The first-order valence-electron chi connectivity index (χ1n) is 8.48. The molecule has 0 radical (unpaired) electrons. The molecule has 1 amide bonds. The molecule has 0 atom stereocenters. The Morgan fingerprint density at radius 2 is 1.86 bits per heavy atom. The number of amides is 1. The van der Waals surface area contributed by atoms with Crippen molar-refractivity contribution in [3.05, 3.63) is 66.5 Å². The smallest absolute Gasteiger partial charge is 0.236 e. The van der Waals surface area contributed by atoms with Gasteiger partial charge in [-0.25, -0.2) is 0 Å². The van der Waals surface area contributed by atoms with Crippen LogP contribution in [0.25, 0.3) is 16.3 Å². The van der Waals surface area contributed by atoms with Gasteiger partial charge in [0.15, 0.2) is 5.16 Å². The van der Waals surface area contributed by atoms with E-state index >= 15 is 0 Å². The summed E-state index contributed by atoms with van der Waals surface area (Å²) in [5.41, 5.74) is 3.11. The van der Waals surface area contributed by atoms with E-state index in [-0.39, 0.29) is 11.7 Å². The summed E-state index contributed by atoms with van der Waals surface area (Å²) in [6, 6.07) is 17.8. The topological polar surface area (TPSA) is 85.6 Å². The van der Waals surface area contributed by atoms with Crippen LogP contribution in [-0.2, 0) is 4.79 Å². The number of anilines is 1. The van der Waals surface area contributed by atoms with Gasteiger partial charge in [0.05, 0.1) is 5.75 Å². The Kier molecular flexibility index (Phi) is 5.45. The molecule has 4 rings (SSSR count). The second kappa shape index (κ2) is 8.32. The third kappa shape index (κ3) is 4.26. The molecule has 1 N–H and O–H groups in total. The van der Waals surface area contributed by atoms with E-state index < -0.39 is 0 Å². The average Bonchev–Trinajstić information content (AvgIpc) is 3.37. The molecule has 140 valence electrons. The lowest BCUT2D eigenvalue weighted by Gasteiger charge is -2.06. The second-order valence-electron chi connectivity index (χ2n) is 5.93. The largest absolute Gasteiger partial charge is 0.300 e. The summed E-state index contributed by atoms with van der Waals surface area (Å²) in [4.78, 5) is 12.3. The number of benzene rings is 2. The summed E-state index contributed by atoms with van der Waals surface area (Å²) in [5.74, 6) is 0.0318. The number of carbonyl (C=O) groups is 1. The van der Waals surface area contributed by atoms with E-state index in [1.165, 1.54) is 28.7 Å². The number of rotatable bonds is 6. The normalized spacial score (nSPS) is 10.8. The Morgan fingerprint density at radius 3 is 2.64 bits per heavy atom. The molecule has 2 aromatic carbocycles. The maximum absolute atomic E-state index is 12.3. The van der Waals surface area contributed by atoms with Gasteiger partial charge in [0.1, 0.15) is 11.3 Å². The molecular formula is C19H16N6OS2. The van der Waals surface area contributed by atoms with Gasteiger partial charge in [-0.1, -0.05) is 71.1 Å². The summed E-state index contributed by atoms with van der Waals surface area (Å²) in [5, 5.41) is 20.9. The van der Waals surface area contributed by atoms with Crippen molar-refractivity contribution in [1.29, 1.82) is 0 Å². The van der Waals surface area contributed by atoms with Crippen LogP contribution in [0.3, 0.4) is 0 Å². The third-order valence-electron chi connectivity index (χ3n) is 3.85. The summed E-state index contributed by atoms with van der Waals surface area (Å²) in [6.45, 7) is 2.03. The quantitative estimate of drug-likeness (QED) is 0.488. The fraction of sp³-hybridized carbons (Fsp3) is 0.105. The summed E-state index contributed by atoms with van der Waals surface area (Å²) < 4.78 is 1.86. The van der Waals surface area contributed by atoms with Crippen LogP contribution in [-0.4, -0.2) is 36.6 Å². The number of thioether (sulfide) groups is 1. The molecule has 0 aliphatic rings. The van der Waals surface area contributed by atoms with Crippen molar-refractivity contribution in [3.63, 3.8) is 0 Å². The third-order valence-corrected chi connectivity index (χ3v) is 5.68. The van der Waals surface area contributed by atoms with Crippen molar-refractivity contribution in [3.8, 4) is 16.3 Å². The van der Waals surface area contributed by atoms with Gasteiger partial charge in [0, 0.05) is 11.3 Å². The van der Waals surface area contributed by atoms with Crippen LogP contribution in [0.1, 0.15) is 5.56 Å². The first-order valence-corrected chi connectivity index (χ1v) is 10.3. The van der Waals surface area contributed by atoms with Crippen molar-refractivity contribution in [2.24, 2.45) is 0 Å². The highest BCUT2D eigenvalue weighted by molar-refractivity contribution is 7.99. The zero-order valence-electron chi connectivity index (χ0n) is 14.9. The van der Waals surface area contributed by atoms with Gasteiger partial charge in [-0.2, -0.15) is 0 Å². The van der Waals surface area contributed by atoms with E-state index in [2.05, 4.69) is 25.7 Å². The minimum absolute atomic E-state index is 0.167. The monoisotopic (exact) mass is 408 g/mol. The highest BCUT2D eigenvalue weighted by Crippen LogP contribution is 2.26. The molecule has 0 spiro atoms. The zero-order chi connectivity index (χ0) is 19.3. The number of hydrogen-bond donors (Lipinski definition) is 1. The van der Waals surface area contributed by atoms with Gasteiger partial charge in [-0.3, -0.25) is 14.7 Å². The Bertz CT molecular complexity index is 1080. The molecule has 0 aliphatic carbocycles. The molecule has 28 heavy (non-hydrogen) atoms. The lowest BCUT2D eigenvalue weighted by Crippen LogP contribution is -2.14. The SMILES string of the molecule is Cc1ccc(-n2cnnc2SCC(=O)Nc2nnc(-c3ccccc3)s2)cc1. The second-order valence-corrected chi connectivity index (χ2v) is 7.85. The van der Waals surface area contributed by atoms with E-state index in [1.54, 1.807) is 6.33 Å². The molecule has 0 bridgehead atoms. The number of carbonyl (C=O) groups excluding carboxylic acids is 1. The first kappa shape index (κ1) is 18.3. The molecule has 0 saturated carbocycles. The number of nitrogens with one attached hydrogen (secondary N) is 1. The maximum Gasteiger partial charge on any atom is 0.236 e. The lowest BCUT2D eigenvalue weighted by atomic mass is 10.2. The first-order chi connectivity index (χ1) is 13.7. The van der Waals surface area contributed by atoms with Gasteiger partial charge in [0.25, 0.3) is 0 Å². The van der Waals surface area contributed by atoms with Crippen LogP contribution in [0, 0.1) is 6.92 Å². The molecule has 2 heterocycles. The van der Waals surface area contributed by atoms with Crippen LogP contribution in [0.2, 0.25) is 0 Å². The average molecular weight is 409 g/mol. The summed E-state index contributed by atoms with van der Waals surface area (Å²) >= 11 is 2.66. The van der Waals surface area contributed by atoms with E-state index in [1.807, 2.05) is 66.1 Å². The Balaban J connectivity index is 1.38. The van der Waals surface area contributed by atoms with Crippen LogP contribution >= 0.6 is 23.1 Å². The standard InChI is InChI=1S/C19H16N6OS2/c1-13-7-9-15(10-8-13)25-12-20-24-19(25)27-11-16(26)21-18-23-22-17(28-18)14-5-3-2-4-6-14/h2-10,12H,11H2,1H3,(H,21,23,26).